The van der Waals surface area contributed by atoms with Gasteiger partial charge in [-0.3, -0.25) is 4.98 Å². The summed E-state index contributed by atoms with van der Waals surface area (Å²) in [4.78, 5) is 18.7. The molecule has 2 fully saturated rings. The number of anilines is 2. The lowest BCUT2D eigenvalue weighted by molar-refractivity contribution is -0.0950. The van der Waals surface area contributed by atoms with Gasteiger partial charge in [0.05, 0.1) is 39.7 Å². The molecule has 2 aliphatic rings. The fraction of sp³-hybridized carbons (Fsp3) is 0.583. The monoisotopic (exact) mass is 504 g/mol. The number of thiazole rings is 1. The van der Waals surface area contributed by atoms with E-state index >= 15 is 0 Å². The molecular formula is C24H30F2N6O2S. The topological polar surface area (TPSA) is 116 Å². The van der Waals surface area contributed by atoms with Crippen molar-refractivity contribution >= 4 is 33.3 Å². The number of alkyl halides is 2. The summed E-state index contributed by atoms with van der Waals surface area (Å²) in [6, 6.07) is 1.14. The number of aromatic nitrogens is 4. The lowest BCUT2D eigenvalue weighted by atomic mass is 9.98. The maximum Gasteiger partial charge on any atom is 0.250 e. The van der Waals surface area contributed by atoms with E-state index in [2.05, 4.69) is 25.6 Å². The molecule has 2 aliphatic carbocycles. The van der Waals surface area contributed by atoms with E-state index in [9.17, 15) is 19.0 Å². The van der Waals surface area contributed by atoms with Gasteiger partial charge in [-0.05, 0) is 45.6 Å². The van der Waals surface area contributed by atoms with Gasteiger partial charge >= 0.3 is 0 Å². The number of nitrogens with zero attached hydrogens (tertiary/aromatic N) is 4. The smallest absolute Gasteiger partial charge is 0.250 e. The fourth-order valence-electron chi connectivity index (χ4n) is 4.74. The van der Waals surface area contributed by atoms with Crippen LogP contribution in [0.2, 0.25) is 0 Å². The second-order valence-electron chi connectivity index (χ2n) is 9.65. The minimum absolute atomic E-state index is 0.0956. The minimum Gasteiger partial charge on any atom is -0.390 e. The van der Waals surface area contributed by atoms with Crippen LogP contribution in [0, 0.1) is 12.8 Å². The summed E-state index contributed by atoms with van der Waals surface area (Å²) in [5.74, 6) is -3.23. The molecule has 35 heavy (non-hydrogen) atoms. The lowest BCUT2D eigenvalue weighted by Crippen LogP contribution is -2.38. The third kappa shape index (κ3) is 4.68. The van der Waals surface area contributed by atoms with Crippen molar-refractivity contribution in [1.82, 2.24) is 19.9 Å². The first-order valence-electron chi connectivity index (χ1n) is 12.1. The van der Waals surface area contributed by atoms with Gasteiger partial charge in [-0.25, -0.2) is 18.7 Å². The highest BCUT2D eigenvalue weighted by Crippen LogP contribution is 2.45. The van der Waals surface area contributed by atoms with Crippen LogP contribution in [0.3, 0.4) is 0 Å². The molecule has 5 rings (SSSR count). The van der Waals surface area contributed by atoms with Crippen molar-refractivity contribution < 1.29 is 19.0 Å². The zero-order valence-electron chi connectivity index (χ0n) is 19.9. The van der Waals surface area contributed by atoms with Gasteiger partial charge in [0.2, 0.25) is 5.95 Å². The second-order valence-corrected chi connectivity index (χ2v) is 10.7. The van der Waals surface area contributed by atoms with Crippen LogP contribution in [0.15, 0.2) is 12.3 Å². The van der Waals surface area contributed by atoms with E-state index in [0.717, 1.165) is 42.1 Å². The molecule has 3 heterocycles. The molecule has 0 radical (unpaired) electrons. The number of rotatable bonds is 8. The Kier molecular flexibility index (Phi) is 6.35. The Morgan fingerprint density at radius 2 is 1.94 bits per heavy atom. The van der Waals surface area contributed by atoms with Gasteiger partial charge in [-0.2, -0.15) is 4.98 Å². The number of nitrogens with one attached hydrogen (secondary N) is 2. The summed E-state index contributed by atoms with van der Waals surface area (Å²) in [6.45, 7) is 5.33. The molecule has 0 spiro atoms. The van der Waals surface area contributed by atoms with Crippen molar-refractivity contribution in [2.75, 3.05) is 17.2 Å². The third-order valence-electron chi connectivity index (χ3n) is 6.79. The molecule has 0 amide bonds. The molecule has 11 heteroatoms. The molecule has 3 aromatic rings. The van der Waals surface area contributed by atoms with Crippen LogP contribution >= 0.6 is 11.3 Å². The van der Waals surface area contributed by atoms with Gasteiger partial charge in [-0.1, -0.05) is 6.92 Å². The van der Waals surface area contributed by atoms with Gasteiger partial charge in [0.15, 0.2) is 0 Å². The van der Waals surface area contributed by atoms with E-state index in [1.165, 1.54) is 11.3 Å². The number of aliphatic hydroxyl groups excluding tert-OH is 2. The van der Waals surface area contributed by atoms with E-state index in [0.29, 0.717) is 40.5 Å². The highest BCUT2D eigenvalue weighted by atomic mass is 32.1. The number of hydrogen-bond acceptors (Lipinski definition) is 9. The molecule has 188 valence electrons. The highest BCUT2D eigenvalue weighted by molar-refractivity contribution is 7.21. The number of pyridine rings is 1. The summed E-state index contributed by atoms with van der Waals surface area (Å²) < 4.78 is 29.1. The number of fused-ring (bicyclic) bond motifs is 1. The molecule has 4 N–H and O–H groups in total. The summed E-state index contributed by atoms with van der Waals surface area (Å²) in [5.41, 5.74) is 3.20. The van der Waals surface area contributed by atoms with E-state index in [1.807, 2.05) is 19.9 Å². The third-order valence-corrected chi connectivity index (χ3v) is 7.83. The van der Waals surface area contributed by atoms with E-state index in [-0.39, 0.29) is 6.42 Å². The van der Waals surface area contributed by atoms with Crippen molar-refractivity contribution in [3.63, 3.8) is 0 Å². The molecule has 8 nitrogen and oxygen atoms in total. The Morgan fingerprint density at radius 1 is 1.17 bits per heavy atom. The van der Waals surface area contributed by atoms with Crippen molar-refractivity contribution in [3.05, 3.63) is 23.7 Å². The van der Waals surface area contributed by atoms with Crippen LogP contribution in [0.1, 0.15) is 56.8 Å². The molecular weight excluding hydrogens is 474 g/mol. The Labute approximate surface area is 206 Å². The Balaban J connectivity index is 1.55. The fourth-order valence-corrected chi connectivity index (χ4v) is 5.81. The summed E-state index contributed by atoms with van der Waals surface area (Å²) >= 11 is 1.50. The normalized spacial score (nSPS) is 24.8. The number of halogens is 2. The largest absolute Gasteiger partial charge is 0.390 e. The first-order valence-corrected chi connectivity index (χ1v) is 12.9. The maximum atomic E-state index is 14.1. The standard InChI is InChI=1S/C24H30F2N6O2S/c1-4-8-28-23-29-11(2)16(22-31-18-15(35-22)7-9-27-17(18)12-5-6-12)21(32-23)30-14-10-13(24(3,25)26)19(33)20(14)34/h7,9,12-14,19-20,33-34H,4-6,8,10H2,1-3H3,(H2,28,29,30,32)/t13-,14+,19+,20-/m0/s1. The number of hydrogen-bond donors (Lipinski definition) is 4. The molecule has 0 unspecified atom stereocenters. The van der Waals surface area contributed by atoms with Crippen molar-refractivity contribution in [2.24, 2.45) is 5.92 Å². The van der Waals surface area contributed by atoms with Gasteiger partial charge < -0.3 is 20.8 Å². The molecule has 0 aliphatic heterocycles. The molecule has 3 aromatic heterocycles. The van der Waals surface area contributed by atoms with Crippen LogP contribution in [-0.4, -0.2) is 60.9 Å². The Morgan fingerprint density at radius 3 is 2.60 bits per heavy atom. The first kappa shape index (κ1) is 24.2. The maximum absolute atomic E-state index is 14.1. The molecule has 0 aromatic carbocycles. The molecule has 0 bridgehead atoms. The van der Waals surface area contributed by atoms with Crippen molar-refractivity contribution in [2.45, 2.75) is 76.5 Å². The SMILES string of the molecule is CCCNc1nc(C)c(-c2nc3c(C4CC4)nccc3s2)c(N[C@@H]2C[C@H](C(C)(F)F)[C@@H](O)[C@H]2O)n1. The second kappa shape index (κ2) is 9.18. The van der Waals surface area contributed by atoms with Crippen LogP contribution in [0.5, 0.6) is 0 Å². The molecule has 0 saturated heterocycles. The van der Waals surface area contributed by atoms with E-state index in [4.69, 9.17) is 4.98 Å². The van der Waals surface area contributed by atoms with Crippen LogP contribution in [0.25, 0.3) is 20.8 Å². The Hall–Kier alpha value is -2.50. The van der Waals surface area contributed by atoms with Gasteiger partial charge in [0.1, 0.15) is 22.4 Å². The van der Waals surface area contributed by atoms with Gasteiger partial charge in [0, 0.05) is 18.7 Å². The molecule has 2 saturated carbocycles. The zero-order valence-corrected chi connectivity index (χ0v) is 20.7. The summed E-state index contributed by atoms with van der Waals surface area (Å²) in [5, 5.41) is 27.9. The quantitative estimate of drug-likeness (QED) is 0.358. The van der Waals surface area contributed by atoms with E-state index < -0.39 is 30.1 Å². The first-order chi connectivity index (χ1) is 16.7. The van der Waals surface area contributed by atoms with Gasteiger partial charge in [0.25, 0.3) is 5.92 Å². The summed E-state index contributed by atoms with van der Waals surface area (Å²) in [7, 11) is 0. The minimum atomic E-state index is -3.12. The number of aliphatic hydroxyl groups is 2. The zero-order chi connectivity index (χ0) is 24.9. The Bertz CT molecular complexity index is 1230. The van der Waals surface area contributed by atoms with Crippen LogP contribution in [-0.2, 0) is 0 Å². The average Bonchev–Trinajstić information content (AvgIpc) is 3.49. The lowest BCUT2D eigenvalue weighted by Gasteiger charge is -2.22. The van der Waals surface area contributed by atoms with E-state index in [1.54, 1.807) is 6.20 Å². The predicted octanol–water partition coefficient (Wildman–Crippen LogP) is 4.33. The van der Waals surface area contributed by atoms with Gasteiger partial charge in [-0.15, -0.1) is 11.3 Å². The van der Waals surface area contributed by atoms with Crippen LogP contribution < -0.4 is 10.6 Å². The van der Waals surface area contributed by atoms with Crippen LogP contribution in [0.4, 0.5) is 20.5 Å². The molecule has 4 atom stereocenters. The van der Waals surface area contributed by atoms with Crippen molar-refractivity contribution in [3.8, 4) is 10.6 Å². The predicted molar refractivity (Wildman–Crippen MR) is 132 cm³/mol. The highest BCUT2D eigenvalue weighted by Gasteiger charge is 2.51. The van der Waals surface area contributed by atoms with Crippen molar-refractivity contribution in [1.29, 1.82) is 0 Å². The average molecular weight is 505 g/mol. The summed E-state index contributed by atoms with van der Waals surface area (Å²) in [6.07, 6.45) is 1.91. The number of aryl methyl sites for hydroxylation is 1.